The Morgan fingerprint density at radius 2 is 1.88 bits per heavy atom. The summed E-state index contributed by atoms with van der Waals surface area (Å²) < 4.78 is 26.7. The molecule has 124 valence electrons. The Morgan fingerprint density at radius 1 is 1.17 bits per heavy atom. The van der Waals surface area contributed by atoms with Crippen LogP contribution in [0.25, 0.3) is 11.3 Å². The third-order valence-electron chi connectivity index (χ3n) is 3.15. The van der Waals surface area contributed by atoms with Crippen LogP contribution < -0.4 is 16.0 Å². The summed E-state index contributed by atoms with van der Waals surface area (Å²) in [7, 11) is -4.15. The highest BCUT2D eigenvalue weighted by Gasteiger charge is 2.20. The molecule has 0 aliphatic carbocycles. The van der Waals surface area contributed by atoms with E-state index >= 15 is 0 Å². The van der Waals surface area contributed by atoms with E-state index in [0.29, 0.717) is 5.69 Å². The fraction of sp³-hybridized carbons (Fsp3) is 0.0714. The number of aromatic amines is 2. The van der Waals surface area contributed by atoms with E-state index in [1.54, 1.807) is 5.38 Å². The molecule has 0 spiro atoms. The molecule has 24 heavy (non-hydrogen) atoms. The van der Waals surface area contributed by atoms with Gasteiger partial charge < -0.3 is 4.98 Å². The van der Waals surface area contributed by atoms with E-state index in [2.05, 4.69) is 14.7 Å². The molecule has 0 bridgehead atoms. The maximum absolute atomic E-state index is 12.2. The van der Waals surface area contributed by atoms with E-state index in [-0.39, 0.29) is 5.13 Å². The second kappa shape index (κ2) is 6.06. The van der Waals surface area contributed by atoms with Crippen LogP contribution in [-0.2, 0) is 10.0 Å². The summed E-state index contributed by atoms with van der Waals surface area (Å²) in [5, 5.41) is 1.83. The van der Waals surface area contributed by atoms with Crippen molar-refractivity contribution < 1.29 is 8.42 Å². The molecule has 3 N–H and O–H groups in total. The summed E-state index contributed by atoms with van der Waals surface area (Å²) in [5.74, 6) is 0. The molecule has 3 rings (SSSR count). The molecule has 0 aliphatic heterocycles. The molecule has 1 aromatic carbocycles. The molecule has 0 aliphatic rings. The Labute approximate surface area is 140 Å². The van der Waals surface area contributed by atoms with E-state index < -0.39 is 26.2 Å². The molecule has 0 unspecified atom stereocenters. The van der Waals surface area contributed by atoms with Gasteiger partial charge in [-0.3, -0.25) is 14.5 Å². The van der Waals surface area contributed by atoms with Crippen LogP contribution in [0.15, 0.2) is 50.3 Å². The smallest absolute Gasteiger partial charge is 0.313 e. The standard InChI is InChI=1S/C14H12N4O4S2/c1-8-2-4-9(5-3-8)10-7-23-14(16-10)18-24(21,22)11-6-15-13(20)17-12(11)19/h2-7H,1H3,(H,16,18)(H2,15,17,19,20). The summed E-state index contributed by atoms with van der Waals surface area (Å²) in [6.07, 6.45) is 0.845. The molecule has 0 amide bonds. The maximum Gasteiger partial charge on any atom is 0.325 e. The van der Waals surface area contributed by atoms with Crippen LogP contribution in [0.2, 0.25) is 0 Å². The van der Waals surface area contributed by atoms with Crippen molar-refractivity contribution in [1.82, 2.24) is 15.0 Å². The molecule has 8 nitrogen and oxygen atoms in total. The first kappa shape index (κ1) is 16.1. The lowest BCUT2D eigenvalue weighted by Gasteiger charge is -2.03. The molecule has 2 heterocycles. The fourth-order valence-electron chi connectivity index (χ4n) is 1.94. The minimum atomic E-state index is -4.15. The molecule has 10 heteroatoms. The molecule has 2 aromatic heterocycles. The number of anilines is 1. The van der Waals surface area contributed by atoms with Gasteiger partial charge in [-0.25, -0.2) is 18.2 Å². The predicted octanol–water partition coefficient (Wildman–Crippen LogP) is 1.30. The maximum atomic E-state index is 12.2. The van der Waals surface area contributed by atoms with Gasteiger partial charge in [-0.2, -0.15) is 0 Å². The monoisotopic (exact) mass is 364 g/mol. The number of benzene rings is 1. The molecule has 0 saturated carbocycles. The highest BCUT2D eigenvalue weighted by Crippen LogP contribution is 2.26. The number of rotatable bonds is 4. The van der Waals surface area contributed by atoms with Crippen LogP contribution >= 0.6 is 11.3 Å². The first-order chi connectivity index (χ1) is 11.3. The van der Waals surface area contributed by atoms with Crippen LogP contribution in [0.5, 0.6) is 0 Å². The Kier molecular flexibility index (Phi) is 4.08. The zero-order valence-corrected chi connectivity index (χ0v) is 14.0. The Hall–Kier alpha value is -2.72. The quantitative estimate of drug-likeness (QED) is 0.643. The zero-order valence-electron chi connectivity index (χ0n) is 12.4. The average molecular weight is 364 g/mol. The SMILES string of the molecule is Cc1ccc(-c2csc(NS(=O)(=O)c3c[nH]c(=O)[nH]c3=O)n2)cc1. The summed E-state index contributed by atoms with van der Waals surface area (Å²) in [4.78, 5) is 30.2. The van der Waals surface area contributed by atoms with Crippen LogP contribution in [0.3, 0.4) is 0 Å². The van der Waals surface area contributed by atoms with Crippen LogP contribution in [0.1, 0.15) is 5.56 Å². The minimum Gasteiger partial charge on any atom is -0.313 e. The number of H-pyrrole nitrogens is 2. The number of aryl methyl sites for hydroxylation is 1. The largest absolute Gasteiger partial charge is 0.325 e. The normalized spacial score (nSPS) is 11.4. The summed E-state index contributed by atoms with van der Waals surface area (Å²) in [5.41, 5.74) is 0.792. The second-order valence-corrected chi connectivity index (χ2v) is 7.45. The van der Waals surface area contributed by atoms with Crippen LogP contribution in [0, 0.1) is 6.92 Å². The van der Waals surface area contributed by atoms with E-state index in [4.69, 9.17) is 0 Å². The van der Waals surface area contributed by atoms with Gasteiger partial charge in [0.15, 0.2) is 10.0 Å². The molecular weight excluding hydrogens is 352 g/mol. The number of sulfonamides is 1. The van der Waals surface area contributed by atoms with Crippen molar-refractivity contribution in [3.8, 4) is 11.3 Å². The van der Waals surface area contributed by atoms with Crippen LogP contribution in [-0.4, -0.2) is 23.4 Å². The lowest BCUT2D eigenvalue weighted by molar-refractivity contribution is 0.599. The Morgan fingerprint density at radius 3 is 2.54 bits per heavy atom. The average Bonchev–Trinajstić information content (AvgIpc) is 2.95. The topological polar surface area (TPSA) is 125 Å². The van der Waals surface area contributed by atoms with E-state index in [9.17, 15) is 18.0 Å². The summed E-state index contributed by atoms with van der Waals surface area (Å²) in [6, 6.07) is 7.63. The van der Waals surface area contributed by atoms with Gasteiger partial charge in [0.05, 0.1) is 5.69 Å². The number of hydrogen-bond acceptors (Lipinski definition) is 6. The highest BCUT2D eigenvalue weighted by atomic mass is 32.2. The van der Waals surface area contributed by atoms with Crippen LogP contribution in [0.4, 0.5) is 5.13 Å². The summed E-state index contributed by atoms with van der Waals surface area (Å²) in [6.45, 7) is 1.96. The number of aromatic nitrogens is 3. The first-order valence-corrected chi connectivity index (χ1v) is 9.09. The summed E-state index contributed by atoms with van der Waals surface area (Å²) >= 11 is 1.09. The number of hydrogen-bond donors (Lipinski definition) is 3. The highest BCUT2D eigenvalue weighted by molar-refractivity contribution is 7.92. The van der Waals surface area contributed by atoms with Gasteiger partial charge >= 0.3 is 5.69 Å². The van der Waals surface area contributed by atoms with Crippen molar-refractivity contribution in [1.29, 1.82) is 0 Å². The number of nitrogens with one attached hydrogen (secondary N) is 3. The van der Waals surface area contributed by atoms with Crippen molar-refractivity contribution >= 4 is 26.5 Å². The van der Waals surface area contributed by atoms with Gasteiger partial charge in [0, 0.05) is 17.1 Å². The van der Waals surface area contributed by atoms with Crippen molar-refractivity contribution in [3.05, 3.63) is 62.2 Å². The lowest BCUT2D eigenvalue weighted by atomic mass is 10.1. The first-order valence-electron chi connectivity index (χ1n) is 6.72. The Balaban J connectivity index is 1.90. The van der Waals surface area contributed by atoms with Crippen molar-refractivity contribution in [2.24, 2.45) is 0 Å². The van der Waals surface area contributed by atoms with Gasteiger partial charge in [-0.1, -0.05) is 29.8 Å². The van der Waals surface area contributed by atoms with E-state index in [1.807, 2.05) is 36.2 Å². The molecular formula is C14H12N4O4S2. The van der Waals surface area contributed by atoms with Gasteiger partial charge in [-0.05, 0) is 6.92 Å². The third-order valence-corrected chi connectivity index (χ3v) is 5.38. The predicted molar refractivity (Wildman–Crippen MR) is 90.8 cm³/mol. The molecule has 0 radical (unpaired) electrons. The molecule has 3 aromatic rings. The number of thiazole rings is 1. The lowest BCUT2D eigenvalue weighted by Crippen LogP contribution is -2.29. The van der Waals surface area contributed by atoms with Crippen molar-refractivity contribution in [2.45, 2.75) is 11.8 Å². The molecule has 0 saturated heterocycles. The zero-order chi connectivity index (χ0) is 17.3. The third kappa shape index (κ3) is 3.29. The molecule has 0 fully saturated rings. The number of nitrogens with zero attached hydrogens (tertiary/aromatic N) is 1. The van der Waals surface area contributed by atoms with Gasteiger partial charge in [0.2, 0.25) is 0 Å². The van der Waals surface area contributed by atoms with Gasteiger partial charge in [0.1, 0.15) is 0 Å². The van der Waals surface area contributed by atoms with E-state index in [0.717, 1.165) is 28.7 Å². The van der Waals surface area contributed by atoms with E-state index in [1.165, 1.54) is 0 Å². The van der Waals surface area contributed by atoms with Crippen molar-refractivity contribution in [2.75, 3.05) is 4.72 Å². The second-order valence-electron chi connectivity index (χ2n) is 4.95. The van der Waals surface area contributed by atoms with Gasteiger partial charge in [-0.15, -0.1) is 11.3 Å². The fourth-order valence-corrected chi connectivity index (χ4v) is 3.92. The minimum absolute atomic E-state index is 0.121. The van der Waals surface area contributed by atoms with Crippen molar-refractivity contribution in [3.63, 3.8) is 0 Å². The van der Waals surface area contributed by atoms with Gasteiger partial charge in [0.25, 0.3) is 15.6 Å². The molecule has 0 atom stereocenters. The Bertz CT molecular complexity index is 1090.